The topological polar surface area (TPSA) is 144 Å². The highest BCUT2D eigenvalue weighted by Crippen LogP contribution is 2.31. The van der Waals surface area contributed by atoms with E-state index >= 15 is 0 Å². The Balaban J connectivity index is 2.06. The van der Waals surface area contributed by atoms with Crippen LogP contribution in [-0.2, 0) is 28.7 Å². The standard InChI is InChI=1S/C25H29N5O7/c1-14(2)37-17(15-9-7-8-10-16(15)35-6)13-29-19-18(28(5)20(27-19)21-26-11-12-36-21)22(31)30(24(29)34)25(3,4)23(32)33/h7-12,14,17H,13H2,1-6H3,(H,32,33)/t17-/m0/s1. The third kappa shape index (κ3) is 4.44. The van der Waals surface area contributed by atoms with Crippen LogP contribution in [-0.4, -0.2) is 48.0 Å². The number of carboxylic acid groups (broad SMARTS) is 1. The zero-order chi connectivity index (χ0) is 27.1. The van der Waals surface area contributed by atoms with Gasteiger partial charge in [-0.25, -0.2) is 24.1 Å². The summed E-state index contributed by atoms with van der Waals surface area (Å²) in [6, 6.07) is 7.24. The lowest BCUT2D eigenvalue weighted by Crippen LogP contribution is -2.53. The lowest BCUT2D eigenvalue weighted by atomic mass is 10.1. The average molecular weight is 512 g/mol. The van der Waals surface area contributed by atoms with E-state index in [1.54, 1.807) is 13.1 Å². The molecule has 3 heterocycles. The van der Waals surface area contributed by atoms with Crippen LogP contribution in [0.4, 0.5) is 0 Å². The summed E-state index contributed by atoms with van der Waals surface area (Å²) in [7, 11) is 3.11. The maximum atomic E-state index is 13.9. The van der Waals surface area contributed by atoms with Gasteiger partial charge in [0.25, 0.3) is 11.4 Å². The van der Waals surface area contributed by atoms with Crippen LogP contribution in [0.1, 0.15) is 39.4 Å². The van der Waals surface area contributed by atoms with Gasteiger partial charge in [0.2, 0.25) is 0 Å². The minimum Gasteiger partial charge on any atom is -0.496 e. The maximum Gasteiger partial charge on any atom is 0.333 e. The molecule has 0 spiro atoms. The molecule has 0 aliphatic carbocycles. The fourth-order valence-corrected chi connectivity index (χ4v) is 4.24. The number of ether oxygens (including phenoxy) is 2. The lowest BCUT2D eigenvalue weighted by molar-refractivity contribution is -0.146. The number of imidazole rings is 1. The summed E-state index contributed by atoms with van der Waals surface area (Å²) in [6.07, 6.45) is 1.88. The van der Waals surface area contributed by atoms with Crippen LogP contribution in [0.3, 0.4) is 0 Å². The van der Waals surface area contributed by atoms with E-state index < -0.39 is 28.9 Å². The van der Waals surface area contributed by atoms with Crippen molar-refractivity contribution in [3.8, 4) is 17.5 Å². The molecule has 0 saturated carbocycles. The number of hydrogen-bond donors (Lipinski definition) is 1. The smallest absolute Gasteiger partial charge is 0.333 e. The van der Waals surface area contributed by atoms with Crippen LogP contribution in [0.2, 0.25) is 0 Å². The van der Waals surface area contributed by atoms with E-state index in [-0.39, 0.29) is 35.5 Å². The molecule has 0 amide bonds. The predicted octanol–water partition coefficient (Wildman–Crippen LogP) is 2.55. The number of para-hydroxylation sites is 1. The Morgan fingerprint density at radius 1 is 1.22 bits per heavy atom. The van der Waals surface area contributed by atoms with Crippen LogP contribution in [0.15, 0.2) is 50.7 Å². The largest absolute Gasteiger partial charge is 0.496 e. The maximum absolute atomic E-state index is 13.9. The molecule has 37 heavy (non-hydrogen) atoms. The summed E-state index contributed by atoms with van der Waals surface area (Å²) >= 11 is 0. The van der Waals surface area contributed by atoms with Gasteiger partial charge in [-0.15, -0.1) is 0 Å². The summed E-state index contributed by atoms with van der Waals surface area (Å²) in [6.45, 7) is 6.23. The number of benzene rings is 1. The van der Waals surface area contributed by atoms with Crippen molar-refractivity contribution >= 4 is 17.1 Å². The molecule has 4 rings (SSSR count). The third-order valence-corrected chi connectivity index (χ3v) is 6.14. The number of methoxy groups -OCH3 is 1. The predicted molar refractivity (Wildman–Crippen MR) is 134 cm³/mol. The van der Waals surface area contributed by atoms with Crippen molar-refractivity contribution in [2.45, 2.75) is 52.0 Å². The molecule has 1 N–H and O–H groups in total. The normalized spacial score (nSPS) is 12.8. The quantitative estimate of drug-likeness (QED) is 0.358. The summed E-state index contributed by atoms with van der Waals surface area (Å²) in [5.41, 5.74) is -2.74. The Hall–Kier alpha value is -4.19. The Morgan fingerprint density at radius 3 is 2.51 bits per heavy atom. The SMILES string of the molecule is COc1ccccc1[C@H](Cn1c(=O)n(C(C)(C)C(=O)O)c(=O)c2c1nc(-c1ncco1)n2C)OC(C)C. The zero-order valence-corrected chi connectivity index (χ0v) is 21.5. The molecule has 4 aromatic rings. The fourth-order valence-electron chi connectivity index (χ4n) is 4.24. The van der Waals surface area contributed by atoms with Gasteiger partial charge < -0.3 is 23.6 Å². The Kier molecular flexibility index (Phi) is 6.78. The van der Waals surface area contributed by atoms with E-state index in [4.69, 9.17) is 13.9 Å². The van der Waals surface area contributed by atoms with Crippen molar-refractivity contribution in [1.29, 1.82) is 0 Å². The first-order valence-corrected chi connectivity index (χ1v) is 11.6. The third-order valence-electron chi connectivity index (χ3n) is 6.14. The van der Waals surface area contributed by atoms with E-state index in [0.29, 0.717) is 11.3 Å². The molecule has 0 bridgehead atoms. The number of rotatable bonds is 9. The number of aromatic nitrogens is 5. The Labute approximate surface area is 211 Å². The molecule has 0 unspecified atom stereocenters. The van der Waals surface area contributed by atoms with E-state index in [0.717, 1.165) is 4.57 Å². The molecular formula is C25H29N5O7. The monoisotopic (exact) mass is 511 g/mol. The lowest BCUT2D eigenvalue weighted by Gasteiger charge is -2.26. The number of carbonyl (C=O) groups is 1. The number of oxazole rings is 1. The van der Waals surface area contributed by atoms with Crippen molar-refractivity contribution in [3.63, 3.8) is 0 Å². The Morgan fingerprint density at radius 2 is 1.92 bits per heavy atom. The van der Waals surface area contributed by atoms with Crippen LogP contribution >= 0.6 is 0 Å². The second kappa shape index (κ2) is 9.69. The fraction of sp³-hybridized carbons (Fsp3) is 0.400. The number of hydrogen-bond acceptors (Lipinski definition) is 8. The van der Waals surface area contributed by atoms with Crippen LogP contribution < -0.4 is 16.0 Å². The molecule has 12 heteroatoms. The highest BCUT2D eigenvalue weighted by Gasteiger charge is 2.36. The number of aryl methyl sites for hydroxylation is 1. The number of aliphatic carboxylic acids is 1. The minimum absolute atomic E-state index is 0.0189. The first kappa shape index (κ1) is 25.9. The van der Waals surface area contributed by atoms with E-state index in [1.807, 2.05) is 32.0 Å². The summed E-state index contributed by atoms with van der Waals surface area (Å²) in [4.78, 5) is 48.2. The van der Waals surface area contributed by atoms with Gasteiger partial charge >= 0.3 is 11.7 Å². The van der Waals surface area contributed by atoms with Gasteiger partial charge in [0.15, 0.2) is 17.0 Å². The molecular weight excluding hydrogens is 482 g/mol. The Bertz CT molecular complexity index is 1560. The summed E-state index contributed by atoms with van der Waals surface area (Å²) in [5, 5.41) is 9.88. The van der Waals surface area contributed by atoms with E-state index in [9.17, 15) is 19.5 Å². The molecule has 0 radical (unpaired) electrons. The second-order valence-corrected chi connectivity index (χ2v) is 9.32. The molecule has 0 fully saturated rings. The summed E-state index contributed by atoms with van der Waals surface area (Å²) in [5.74, 6) is -0.443. The first-order chi connectivity index (χ1) is 17.5. The van der Waals surface area contributed by atoms with Crippen molar-refractivity contribution in [2.24, 2.45) is 7.05 Å². The van der Waals surface area contributed by atoms with Gasteiger partial charge in [-0.2, -0.15) is 0 Å². The van der Waals surface area contributed by atoms with Gasteiger partial charge in [0.05, 0.1) is 26.0 Å². The molecule has 1 aromatic carbocycles. The van der Waals surface area contributed by atoms with Crippen molar-refractivity contribution in [3.05, 3.63) is 63.1 Å². The molecule has 12 nitrogen and oxygen atoms in total. The van der Waals surface area contributed by atoms with Crippen molar-refractivity contribution in [1.82, 2.24) is 23.7 Å². The minimum atomic E-state index is -1.85. The van der Waals surface area contributed by atoms with Gasteiger partial charge in [0.1, 0.15) is 23.7 Å². The number of carboxylic acids is 1. The number of nitrogens with zero attached hydrogens (tertiary/aromatic N) is 5. The molecule has 0 aliphatic rings. The van der Waals surface area contributed by atoms with E-state index in [2.05, 4.69) is 9.97 Å². The second-order valence-electron chi connectivity index (χ2n) is 9.32. The summed E-state index contributed by atoms with van der Waals surface area (Å²) < 4.78 is 20.5. The van der Waals surface area contributed by atoms with Crippen molar-refractivity contribution < 1.29 is 23.8 Å². The van der Waals surface area contributed by atoms with Gasteiger partial charge in [-0.3, -0.25) is 9.36 Å². The zero-order valence-electron chi connectivity index (χ0n) is 21.5. The molecule has 3 aromatic heterocycles. The highest BCUT2D eigenvalue weighted by molar-refractivity contribution is 5.78. The molecule has 0 aliphatic heterocycles. The number of fused-ring (bicyclic) bond motifs is 1. The van der Waals surface area contributed by atoms with Crippen LogP contribution in [0.5, 0.6) is 5.75 Å². The molecule has 196 valence electrons. The van der Waals surface area contributed by atoms with Crippen molar-refractivity contribution in [2.75, 3.05) is 7.11 Å². The first-order valence-electron chi connectivity index (χ1n) is 11.6. The molecule has 0 saturated heterocycles. The molecule has 1 atom stereocenters. The van der Waals surface area contributed by atoms with Gasteiger partial charge in [-0.1, -0.05) is 18.2 Å². The van der Waals surface area contributed by atoms with Gasteiger partial charge in [-0.05, 0) is 33.8 Å². The van der Waals surface area contributed by atoms with Crippen LogP contribution in [0.25, 0.3) is 22.9 Å². The average Bonchev–Trinajstić information content (AvgIpc) is 3.48. The highest BCUT2D eigenvalue weighted by atomic mass is 16.5. The van der Waals surface area contributed by atoms with Crippen LogP contribution in [0, 0.1) is 0 Å². The van der Waals surface area contributed by atoms with E-state index in [1.165, 1.54) is 42.6 Å². The van der Waals surface area contributed by atoms with Gasteiger partial charge in [0, 0.05) is 12.6 Å².